The number of benzene rings is 1. The minimum atomic E-state index is -4.65. The highest BCUT2D eigenvalue weighted by atomic mass is 19.4. The highest BCUT2D eigenvalue weighted by Crippen LogP contribution is 2.34. The Labute approximate surface area is 101 Å². The monoisotopic (exact) mass is 258 g/mol. The zero-order valence-corrected chi connectivity index (χ0v) is 9.34. The Morgan fingerprint density at radius 3 is 2.50 bits per heavy atom. The Kier molecular flexibility index (Phi) is 3.93. The molecule has 0 aliphatic heterocycles. The summed E-state index contributed by atoms with van der Waals surface area (Å²) in [7, 11) is 1.02. The van der Waals surface area contributed by atoms with Gasteiger partial charge in [0.25, 0.3) is 0 Å². The van der Waals surface area contributed by atoms with E-state index in [4.69, 9.17) is 11.0 Å². The molecule has 0 amide bonds. The molecule has 0 spiro atoms. The van der Waals surface area contributed by atoms with Crippen molar-refractivity contribution < 1.29 is 22.7 Å². The van der Waals surface area contributed by atoms with Gasteiger partial charge in [0.15, 0.2) is 0 Å². The first-order chi connectivity index (χ1) is 8.36. The summed E-state index contributed by atoms with van der Waals surface area (Å²) in [5.41, 5.74) is 3.14. The average Bonchev–Trinajstić information content (AvgIpc) is 2.34. The molecule has 18 heavy (non-hydrogen) atoms. The van der Waals surface area contributed by atoms with E-state index >= 15 is 0 Å². The van der Waals surface area contributed by atoms with Gasteiger partial charge in [-0.05, 0) is 17.7 Å². The first-order valence-electron chi connectivity index (χ1n) is 4.78. The molecule has 0 radical (unpaired) electrons. The van der Waals surface area contributed by atoms with Crippen LogP contribution < -0.4 is 5.73 Å². The summed E-state index contributed by atoms with van der Waals surface area (Å²) < 4.78 is 42.6. The van der Waals surface area contributed by atoms with Crippen molar-refractivity contribution in [2.24, 2.45) is 5.73 Å². The number of nitriles is 1. The van der Waals surface area contributed by atoms with Crippen molar-refractivity contribution in [1.29, 1.82) is 5.26 Å². The highest BCUT2D eigenvalue weighted by Gasteiger charge is 2.35. The second kappa shape index (κ2) is 5.06. The highest BCUT2D eigenvalue weighted by molar-refractivity contribution is 5.94. The number of nitrogens with two attached hydrogens (primary N) is 1. The predicted molar refractivity (Wildman–Crippen MR) is 55.4 cm³/mol. The van der Waals surface area contributed by atoms with E-state index in [1.165, 1.54) is 0 Å². The van der Waals surface area contributed by atoms with Gasteiger partial charge < -0.3 is 10.5 Å². The third-order valence-corrected chi connectivity index (χ3v) is 2.33. The van der Waals surface area contributed by atoms with E-state index in [9.17, 15) is 18.0 Å². The van der Waals surface area contributed by atoms with Crippen LogP contribution in [0, 0.1) is 11.3 Å². The number of rotatable bonds is 2. The normalized spacial score (nSPS) is 10.9. The lowest BCUT2D eigenvalue weighted by molar-refractivity contribution is -0.138. The van der Waals surface area contributed by atoms with Gasteiger partial charge in [-0.15, -0.1) is 0 Å². The van der Waals surface area contributed by atoms with Crippen LogP contribution in [0.3, 0.4) is 0 Å². The molecular weight excluding hydrogens is 249 g/mol. The Morgan fingerprint density at radius 1 is 1.50 bits per heavy atom. The van der Waals surface area contributed by atoms with Crippen molar-refractivity contribution in [3.05, 3.63) is 34.4 Å². The fourth-order valence-corrected chi connectivity index (χ4v) is 1.55. The van der Waals surface area contributed by atoms with Crippen LogP contribution >= 0.6 is 0 Å². The van der Waals surface area contributed by atoms with E-state index in [2.05, 4.69) is 4.74 Å². The molecule has 0 aliphatic carbocycles. The fraction of sp³-hybridized carbons (Fsp3) is 0.273. The SMILES string of the molecule is COC(=O)c1c(C#N)ccc(C(F)(F)F)c1CN. The van der Waals surface area contributed by atoms with Gasteiger partial charge in [-0.2, -0.15) is 18.4 Å². The number of esters is 1. The fourth-order valence-electron chi connectivity index (χ4n) is 1.55. The van der Waals surface area contributed by atoms with Gasteiger partial charge in [0, 0.05) is 6.54 Å². The molecule has 0 saturated carbocycles. The van der Waals surface area contributed by atoms with Crippen LogP contribution in [0.4, 0.5) is 13.2 Å². The Hall–Kier alpha value is -2.07. The van der Waals surface area contributed by atoms with Crippen molar-refractivity contribution in [3.63, 3.8) is 0 Å². The maximum absolute atomic E-state index is 12.7. The number of alkyl halides is 3. The molecule has 0 saturated heterocycles. The first-order valence-corrected chi connectivity index (χ1v) is 4.78. The zero-order valence-electron chi connectivity index (χ0n) is 9.34. The Morgan fingerprint density at radius 2 is 2.11 bits per heavy atom. The van der Waals surface area contributed by atoms with Gasteiger partial charge in [-0.1, -0.05) is 0 Å². The van der Waals surface area contributed by atoms with Crippen molar-refractivity contribution in [2.45, 2.75) is 12.7 Å². The molecule has 0 aromatic heterocycles. The van der Waals surface area contributed by atoms with Crippen LogP contribution in [0.2, 0.25) is 0 Å². The largest absolute Gasteiger partial charge is 0.465 e. The number of hydrogen-bond donors (Lipinski definition) is 1. The predicted octanol–water partition coefficient (Wildman–Crippen LogP) is 1.82. The molecule has 4 nitrogen and oxygen atoms in total. The number of nitrogens with zero attached hydrogens (tertiary/aromatic N) is 1. The number of hydrogen-bond acceptors (Lipinski definition) is 4. The summed E-state index contributed by atoms with van der Waals surface area (Å²) in [6.07, 6.45) is -4.65. The summed E-state index contributed by atoms with van der Waals surface area (Å²) in [6, 6.07) is 3.29. The van der Waals surface area contributed by atoms with E-state index < -0.39 is 35.4 Å². The molecule has 0 fully saturated rings. The third-order valence-electron chi connectivity index (χ3n) is 2.33. The maximum atomic E-state index is 12.7. The number of ether oxygens (including phenoxy) is 1. The van der Waals surface area contributed by atoms with E-state index in [1.807, 2.05) is 0 Å². The number of carbonyl (C=O) groups excluding carboxylic acids is 1. The van der Waals surface area contributed by atoms with Gasteiger partial charge in [0.1, 0.15) is 6.07 Å². The molecule has 1 rings (SSSR count). The summed E-state index contributed by atoms with van der Waals surface area (Å²) in [5, 5.41) is 8.80. The lowest BCUT2D eigenvalue weighted by Gasteiger charge is -2.15. The van der Waals surface area contributed by atoms with Crippen LogP contribution in [0.15, 0.2) is 12.1 Å². The van der Waals surface area contributed by atoms with E-state index in [0.717, 1.165) is 19.2 Å². The van der Waals surface area contributed by atoms with Gasteiger partial charge in [0.05, 0.1) is 23.8 Å². The average molecular weight is 258 g/mol. The first kappa shape index (κ1) is 14.0. The molecule has 96 valence electrons. The lowest BCUT2D eigenvalue weighted by atomic mass is 9.96. The Balaban J connectivity index is 3.64. The second-order valence-corrected chi connectivity index (χ2v) is 3.32. The van der Waals surface area contributed by atoms with E-state index in [-0.39, 0.29) is 5.56 Å². The number of methoxy groups -OCH3 is 1. The molecule has 0 atom stereocenters. The maximum Gasteiger partial charge on any atom is 0.416 e. The van der Waals surface area contributed by atoms with Crippen LogP contribution in [0.25, 0.3) is 0 Å². The van der Waals surface area contributed by atoms with Gasteiger partial charge >= 0.3 is 12.1 Å². The zero-order chi connectivity index (χ0) is 13.9. The van der Waals surface area contributed by atoms with Crippen molar-refractivity contribution in [2.75, 3.05) is 7.11 Å². The molecule has 0 unspecified atom stereocenters. The van der Waals surface area contributed by atoms with Gasteiger partial charge in [-0.3, -0.25) is 0 Å². The molecule has 7 heteroatoms. The summed E-state index contributed by atoms with van der Waals surface area (Å²) in [6.45, 7) is -0.519. The summed E-state index contributed by atoms with van der Waals surface area (Å²) in [5.74, 6) is -1.02. The number of carbonyl (C=O) groups is 1. The molecular formula is C11H9F3N2O2. The topological polar surface area (TPSA) is 76.1 Å². The minimum absolute atomic E-state index is 0.199. The van der Waals surface area contributed by atoms with Crippen LogP contribution in [0.5, 0.6) is 0 Å². The quantitative estimate of drug-likeness (QED) is 0.821. The van der Waals surface area contributed by atoms with Gasteiger partial charge in [0.2, 0.25) is 0 Å². The van der Waals surface area contributed by atoms with Crippen LogP contribution in [-0.4, -0.2) is 13.1 Å². The number of halogens is 3. The van der Waals surface area contributed by atoms with E-state index in [1.54, 1.807) is 6.07 Å². The van der Waals surface area contributed by atoms with Crippen molar-refractivity contribution in [1.82, 2.24) is 0 Å². The van der Waals surface area contributed by atoms with E-state index in [0.29, 0.717) is 0 Å². The van der Waals surface area contributed by atoms with Crippen molar-refractivity contribution in [3.8, 4) is 6.07 Å². The molecule has 1 aromatic carbocycles. The second-order valence-electron chi connectivity index (χ2n) is 3.32. The Bertz CT molecular complexity index is 518. The van der Waals surface area contributed by atoms with Crippen molar-refractivity contribution >= 4 is 5.97 Å². The van der Waals surface area contributed by atoms with Gasteiger partial charge in [-0.25, -0.2) is 4.79 Å². The lowest BCUT2D eigenvalue weighted by Crippen LogP contribution is -2.18. The third kappa shape index (κ3) is 2.43. The molecule has 2 N–H and O–H groups in total. The standard InChI is InChI=1S/C11H9F3N2O2/c1-18-10(17)9-6(4-15)2-3-8(7(9)5-16)11(12,13)14/h2-3H,5,16H2,1H3. The molecule has 0 bridgehead atoms. The molecule has 0 heterocycles. The minimum Gasteiger partial charge on any atom is -0.465 e. The smallest absolute Gasteiger partial charge is 0.416 e. The van der Waals surface area contributed by atoms with Crippen LogP contribution in [-0.2, 0) is 17.5 Å². The molecule has 1 aromatic rings. The molecule has 0 aliphatic rings. The summed E-state index contributed by atoms with van der Waals surface area (Å²) in [4.78, 5) is 11.5. The summed E-state index contributed by atoms with van der Waals surface area (Å²) >= 11 is 0. The van der Waals surface area contributed by atoms with Crippen LogP contribution in [0.1, 0.15) is 27.0 Å².